The Labute approximate surface area is 123 Å². The largest absolute Gasteiger partial charge is 0.469 e. The van der Waals surface area contributed by atoms with Crippen molar-refractivity contribution in [2.45, 2.75) is 65.2 Å². The quantitative estimate of drug-likeness (QED) is 0.551. The highest BCUT2D eigenvalue weighted by Crippen LogP contribution is 2.06. The summed E-state index contributed by atoms with van der Waals surface area (Å²) >= 11 is 0. The molecule has 0 aliphatic heterocycles. The highest BCUT2D eigenvalue weighted by Gasteiger charge is 1.93. The fraction of sp³-hybridized carbons (Fsp3) is 0.556. The lowest BCUT2D eigenvalue weighted by atomic mass is 10.2. The Kier molecular flexibility index (Phi) is 9.46. The van der Waals surface area contributed by atoms with E-state index in [1.807, 2.05) is 24.3 Å². The molecule has 0 saturated heterocycles. The number of hydrogen-bond donors (Lipinski definition) is 0. The van der Waals surface area contributed by atoms with Crippen molar-refractivity contribution in [3.8, 4) is 0 Å². The van der Waals surface area contributed by atoms with Crippen LogP contribution in [-0.4, -0.2) is 0 Å². The van der Waals surface area contributed by atoms with Gasteiger partial charge < -0.3 is 8.83 Å². The summed E-state index contributed by atoms with van der Waals surface area (Å²) in [6.45, 7) is 4.42. The first-order valence-corrected chi connectivity index (χ1v) is 7.91. The fourth-order valence-electron chi connectivity index (χ4n) is 2.01. The Hall–Kier alpha value is -1.44. The Morgan fingerprint density at radius 1 is 0.700 bits per heavy atom. The van der Waals surface area contributed by atoms with Gasteiger partial charge in [-0.3, -0.25) is 0 Å². The van der Waals surface area contributed by atoms with Crippen LogP contribution in [0.4, 0.5) is 0 Å². The zero-order valence-electron chi connectivity index (χ0n) is 12.9. The molecule has 0 fully saturated rings. The first-order valence-electron chi connectivity index (χ1n) is 7.91. The van der Waals surface area contributed by atoms with Gasteiger partial charge in [-0.15, -0.1) is 0 Å². The molecule has 0 radical (unpaired) electrons. The van der Waals surface area contributed by atoms with Gasteiger partial charge in [-0.1, -0.05) is 39.5 Å². The van der Waals surface area contributed by atoms with Crippen LogP contribution in [-0.2, 0) is 12.8 Å². The van der Waals surface area contributed by atoms with Crippen LogP contribution in [0.1, 0.15) is 63.9 Å². The van der Waals surface area contributed by atoms with Crippen molar-refractivity contribution in [1.29, 1.82) is 0 Å². The van der Waals surface area contributed by atoms with Gasteiger partial charge in [0, 0.05) is 12.8 Å². The maximum atomic E-state index is 5.18. The summed E-state index contributed by atoms with van der Waals surface area (Å²) in [5.74, 6) is 2.24. The van der Waals surface area contributed by atoms with E-state index in [-0.39, 0.29) is 0 Å². The Bertz CT molecular complexity index is 347. The lowest BCUT2D eigenvalue weighted by molar-refractivity contribution is 0.496. The van der Waals surface area contributed by atoms with Gasteiger partial charge in [-0.05, 0) is 37.1 Å². The molecule has 0 aliphatic rings. The first-order chi connectivity index (χ1) is 9.86. The van der Waals surface area contributed by atoms with E-state index in [0.29, 0.717) is 0 Å². The Morgan fingerprint density at radius 3 is 1.45 bits per heavy atom. The van der Waals surface area contributed by atoms with E-state index in [9.17, 15) is 0 Å². The van der Waals surface area contributed by atoms with Gasteiger partial charge in [0.1, 0.15) is 11.5 Å². The minimum atomic E-state index is 1.10. The summed E-state index contributed by atoms with van der Waals surface area (Å²) in [6, 6.07) is 7.97. The van der Waals surface area contributed by atoms with Crippen molar-refractivity contribution in [3.05, 3.63) is 48.3 Å². The van der Waals surface area contributed by atoms with E-state index in [1.54, 1.807) is 12.5 Å². The van der Waals surface area contributed by atoms with Gasteiger partial charge in [0.25, 0.3) is 0 Å². The van der Waals surface area contributed by atoms with Crippen molar-refractivity contribution in [2.75, 3.05) is 0 Å². The molecular formula is C18H28O2. The van der Waals surface area contributed by atoms with Crippen LogP contribution in [0.15, 0.2) is 45.6 Å². The van der Waals surface area contributed by atoms with Crippen LogP contribution in [0.5, 0.6) is 0 Å². The summed E-state index contributed by atoms with van der Waals surface area (Å²) in [6.07, 6.45) is 13.3. The molecule has 0 saturated carbocycles. The van der Waals surface area contributed by atoms with Crippen LogP contribution < -0.4 is 0 Å². The molecule has 2 aromatic heterocycles. The predicted molar refractivity (Wildman–Crippen MR) is 83.9 cm³/mol. The molecule has 2 nitrogen and oxygen atoms in total. The third-order valence-corrected chi connectivity index (χ3v) is 3.21. The molecular weight excluding hydrogens is 248 g/mol. The summed E-state index contributed by atoms with van der Waals surface area (Å²) in [4.78, 5) is 0. The van der Waals surface area contributed by atoms with Gasteiger partial charge in [0.15, 0.2) is 0 Å². The van der Waals surface area contributed by atoms with Crippen molar-refractivity contribution >= 4 is 0 Å². The number of aryl methyl sites for hydroxylation is 2. The summed E-state index contributed by atoms with van der Waals surface area (Å²) in [5.41, 5.74) is 0. The topological polar surface area (TPSA) is 26.3 Å². The number of furan rings is 2. The van der Waals surface area contributed by atoms with E-state index in [1.165, 1.54) is 38.5 Å². The van der Waals surface area contributed by atoms with E-state index in [4.69, 9.17) is 8.83 Å². The maximum absolute atomic E-state index is 5.18. The smallest absolute Gasteiger partial charge is 0.103 e. The standard InChI is InChI=1S/2C9H14O/c2*1-2-3-4-6-9-7-5-8-10-9/h2*5,7-8H,2-4,6H2,1H3. The first kappa shape index (κ1) is 16.6. The lowest BCUT2D eigenvalue weighted by Crippen LogP contribution is -1.80. The molecule has 112 valence electrons. The Balaban J connectivity index is 0.000000200. The third kappa shape index (κ3) is 7.88. The number of rotatable bonds is 8. The zero-order chi connectivity index (χ0) is 14.5. The molecule has 0 N–H and O–H groups in total. The lowest BCUT2D eigenvalue weighted by Gasteiger charge is -1.93. The molecule has 0 spiro atoms. The highest BCUT2D eigenvalue weighted by molar-refractivity contribution is 4.98. The van der Waals surface area contributed by atoms with E-state index < -0.39 is 0 Å². The Morgan fingerprint density at radius 2 is 1.15 bits per heavy atom. The fourth-order valence-corrected chi connectivity index (χ4v) is 2.01. The predicted octanol–water partition coefficient (Wildman–Crippen LogP) is 6.02. The minimum absolute atomic E-state index is 1.10. The van der Waals surface area contributed by atoms with Gasteiger partial charge >= 0.3 is 0 Å². The normalized spacial score (nSPS) is 10.1. The molecule has 20 heavy (non-hydrogen) atoms. The number of unbranched alkanes of at least 4 members (excludes halogenated alkanes) is 4. The second kappa shape index (κ2) is 11.4. The third-order valence-electron chi connectivity index (χ3n) is 3.21. The van der Waals surface area contributed by atoms with Gasteiger partial charge in [-0.25, -0.2) is 0 Å². The maximum Gasteiger partial charge on any atom is 0.103 e. The molecule has 2 aromatic rings. The molecule has 0 aromatic carbocycles. The molecule has 0 amide bonds. The SMILES string of the molecule is CCCCCc1ccco1.CCCCCc1ccco1. The molecule has 0 unspecified atom stereocenters. The van der Waals surface area contributed by atoms with Crippen LogP contribution in [0.3, 0.4) is 0 Å². The molecule has 2 rings (SSSR count). The van der Waals surface area contributed by atoms with Gasteiger partial charge in [-0.2, -0.15) is 0 Å². The van der Waals surface area contributed by atoms with Crippen molar-refractivity contribution in [3.63, 3.8) is 0 Å². The molecule has 2 heteroatoms. The van der Waals surface area contributed by atoms with Gasteiger partial charge in [0.05, 0.1) is 12.5 Å². The van der Waals surface area contributed by atoms with Crippen LogP contribution in [0, 0.1) is 0 Å². The highest BCUT2D eigenvalue weighted by atomic mass is 16.3. The van der Waals surface area contributed by atoms with E-state index >= 15 is 0 Å². The van der Waals surface area contributed by atoms with E-state index in [2.05, 4.69) is 13.8 Å². The van der Waals surface area contributed by atoms with Crippen LogP contribution in [0.2, 0.25) is 0 Å². The summed E-state index contributed by atoms with van der Waals surface area (Å²) in [7, 11) is 0. The number of hydrogen-bond acceptors (Lipinski definition) is 2. The molecule has 0 atom stereocenters. The van der Waals surface area contributed by atoms with Crippen LogP contribution >= 0.6 is 0 Å². The van der Waals surface area contributed by atoms with Crippen LogP contribution in [0.25, 0.3) is 0 Å². The van der Waals surface area contributed by atoms with Gasteiger partial charge in [0.2, 0.25) is 0 Å². The van der Waals surface area contributed by atoms with Crippen molar-refractivity contribution in [1.82, 2.24) is 0 Å². The van der Waals surface area contributed by atoms with E-state index in [0.717, 1.165) is 24.4 Å². The second-order valence-electron chi connectivity index (χ2n) is 5.07. The monoisotopic (exact) mass is 276 g/mol. The summed E-state index contributed by atoms with van der Waals surface area (Å²) in [5, 5.41) is 0. The molecule has 2 heterocycles. The molecule has 0 bridgehead atoms. The minimum Gasteiger partial charge on any atom is -0.469 e. The van der Waals surface area contributed by atoms with Crippen molar-refractivity contribution < 1.29 is 8.83 Å². The average molecular weight is 276 g/mol. The zero-order valence-corrected chi connectivity index (χ0v) is 12.9. The summed E-state index contributed by atoms with van der Waals surface area (Å²) < 4.78 is 10.4. The molecule has 0 aliphatic carbocycles. The second-order valence-corrected chi connectivity index (χ2v) is 5.07. The average Bonchev–Trinajstić information content (AvgIpc) is 3.13. The van der Waals surface area contributed by atoms with Crippen molar-refractivity contribution in [2.24, 2.45) is 0 Å².